The second-order valence-electron chi connectivity index (χ2n) is 7.16. The van der Waals surface area contributed by atoms with Crippen LogP contribution in [0.15, 0.2) is 48.7 Å². The number of benzene rings is 1. The van der Waals surface area contributed by atoms with Gasteiger partial charge in [-0.15, -0.1) is 0 Å². The second-order valence-corrected chi connectivity index (χ2v) is 7.60. The Bertz CT molecular complexity index is 930. The fraction of sp³-hybridized carbons (Fsp3) is 0.273. The quantitative estimate of drug-likeness (QED) is 0.801. The number of aromatic nitrogens is 1. The number of aliphatic carboxylic acids is 1. The highest BCUT2D eigenvalue weighted by Gasteiger charge is 2.33. The number of carbonyl (C=O) groups is 1. The van der Waals surface area contributed by atoms with E-state index in [0.717, 1.165) is 48.3 Å². The lowest BCUT2D eigenvalue weighted by molar-refractivity contribution is -0.665. The number of allylic oxidation sites excluding steroid dienone is 2. The Balaban J connectivity index is 1.93. The summed E-state index contributed by atoms with van der Waals surface area (Å²) in [7, 11) is 0. The highest BCUT2D eigenvalue weighted by Crippen LogP contribution is 2.43. The van der Waals surface area contributed by atoms with E-state index in [4.69, 9.17) is 21.7 Å². The third-order valence-corrected chi connectivity index (χ3v) is 5.73. The van der Waals surface area contributed by atoms with E-state index in [1.54, 1.807) is 6.08 Å². The number of hydrogen-bond acceptors (Lipinski definition) is 2. The highest BCUT2D eigenvalue weighted by molar-refractivity contribution is 6.30. The number of carboxylic acid groups (broad SMARTS) is 1. The van der Waals surface area contributed by atoms with Gasteiger partial charge in [0.15, 0.2) is 0 Å². The molecule has 0 bridgehead atoms. The van der Waals surface area contributed by atoms with Crippen LogP contribution in [0.1, 0.15) is 41.1 Å². The average Bonchev–Trinajstić information content (AvgIpc) is 2.81. The first-order chi connectivity index (χ1) is 13.1. The predicted molar refractivity (Wildman–Crippen MR) is 107 cm³/mol. The zero-order chi connectivity index (χ0) is 18.8. The molecule has 3 N–H and O–H groups in total. The van der Waals surface area contributed by atoms with Gasteiger partial charge in [0.2, 0.25) is 0 Å². The lowest BCUT2D eigenvalue weighted by Gasteiger charge is -2.30. The molecule has 1 aromatic carbocycles. The molecule has 27 heavy (non-hydrogen) atoms. The normalized spacial score (nSPS) is 19.9. The molecule has 1 aliphatic heterocycles. The summed E-state index contributed by atoms with van der Waals surface area (Å²) in [5, 5.41) is 12.2. The Hall–Kier alpha value is -2.43. The minimum Gasteiger partial charge on any atom is -0.478 e. The first-order valence-corrected chi connectivity index (χ1v) is 9.70. The highest BCUT2D eigenvalue weighted by atomic mass is 35.5. The molecule has 1 saturated heterocycles. The molecule has 2 aliphatic rings. The summed E-state index contributed by atoms with van der Waals surface area (Å²) in [5.41, 5.74) is 5.16. The van der Waals surface area contributed by atoms with Crippen LogP contribution in [0.4, 0.5) is 0 Å². The van der Waals surface area contributed by atoms with E-state index in [2.05, 4.69) is 11.4 Å². The van der Waals surface area contributed by atoms with E-state index in [-0.39, 0.29) is 5.92 Å². The topological polar surface area (TPSA) is 66.8 Å². The number of carboxylic acids is 1. The second kappa shape index (κ2) is 7.67. The van der Waals surface area contributed by atoms with Crippen molar-refractivity contribution in [3.63, 3.8) is 0 Å². The van der Waals surface area contributed by atoms with Crippen molar-refractivity contribution in [1.82, 2.24) is 4.98 Å². The molecule has 0 radical (unpaired) electrons. The zero-order valence-corrected chi connectivity index (χ0v) is 15.7. The molecular weight excluding hydrogens is 360 g/mol. The van der Waals surface area contributed by atoms with Crippen molar-refractivity contribution in [3.05, 3.63) is 76.1 Å². The number of nitrogens with zero attached hydrogens (tertiary/aromatic N) is 1. The summed E-state index contributed by atoms with van der Waals surface area (Å²) < 4.78 is 0. The Morgan fingerprint density at radius 1 is 1.26 bits per heavy atom. The number of nitrogens with two attached hydrogens (primary N) is 1. The molecular formula is C22H22ClN2O2+. The van der Waals surface area contributed by atoms with Gasteiger partial charge in [0.05, 0.1) is 18.8 Å². The molecule has 1 fully saturated rings. The predicted octanol–water partition coefficient (Wildman–Crippen LogP) is 3.34. The van der Waals surface area contributed by atoms with Gasteiger partial charge >= 0.3 is 5.97 Å². The summed E-state index contributed by atoms with van der Waals surface area (Å²) in [6.45, 7) is 2.26. The molecule has 138 valence electrons. The number of rotatable bonds is 3. The molecule has 4 nitrogen and oxygen atoms in total. The van der Waals surface area contributed by atoms with Gasteiger partial charge in [-0.3, -0.25) is 4.98 Å². The van der Waals surface area contributed by atoms with Crippen LogP contribution >= 0.6 is 11.6 Å². The van der Waals surface area contributed by atoms with Gasteiger partial charge in [0, 0.05) is 41.6 Å². The fourth-order valence-electron chi connectivity index (χ4n) is 4.32. The Kier molecular flexibility index (Phi) is 5.10. The largest absolute Gasteiger partial charge is 0.478 e. The average molecular weight is 382 g/mol. The smallest absolute Gasteiger partial charge is 0.328 e. The molecule has 1 aromatic heterocycles. The van der Waals surface area contributed by atoms with Gasteiger partial charge in [0.1, 0.15) is 0 Å². The number of fused-ring (bicyclic) bond motifs is 2. The van der Waals surface area contributed by atoms with E-state index in [9.17, 15) is 4.79 Å². The molecule has 1 atom stereocenters. The van der Waals surface area contributed by atoms with Gasteiger partial charge in [-0.25, -0.2) is 4.79 Å². The third-order valence-electron chi connectivity index (χ3n) is 5.50. The minimum absolute atomic E-state index is 0.189. The maximum absolute atomic E-state index is 11.1. The first kappa shape index (κ1) is 18.0. The molecule has 0 spiro atoms. The Labute approximate surface area is 163 Å². The van der Waals surface area contributed by atoms with Crippen LogP contribution in [0.5, 0.6) is 0 Å². The van der Waals surface area contributed by atoms with Crippen LogP contribution in [0, 0.1) is 5.92 Å². The van der Waals surface area contributed by atoms with E-state index in [1.807, 2.05) is 36.5 Å². The van der Waals surface area contributed by atoms with Crippen molar-refractivity contribution < 1.29 is 15.2 Å². The summed E-state index contributed by atoms with van der Waals surface area (Å²) in [5.74, 6) is -0.259. The van der Waals surface area contributed by atoms with Gasteiger partial charge in [0.25, 0.3) is 0 Å². The summed E-state index contributed by atoms with van der Waals surface area (Å²) in [4.78, 5) is 15.9. The van der Waals surface area contributed by atoms with Crippen LogP contribution in [0.25, 0.3) is 11.6 Å². The SMILES string of the molecule is O=C(O)/C=C/C1=Cc2cc(Cl)ccc2C(C2CC[NH2+]CC2)c2ncccc21. The van der Waals surface area contributed by atoms with Gasteiger partial charge < -0.3 is 10.4 Å². The fourth-order valence-corrected chi connectivity index (χ4v) is 4.50. The van der Waals surface area contributed by atoms with Crippen molar-refractivity contribution in [1.29, 1.82) is 0 Å². The van der Waals surface area contributed by atoms with Crippen LogP contribution in [-0.4, -0.2) is 29.1 Å². The van der Waals surface area contributed by atoms with E-state index in [0.29, 0.717) is 10.9 Å². The van der Waals surface area contributed by atoms with Gasteiger partial charge in [-0.05, 0) is 53.0 Å². The minimum atomic E-state index is -0.962. The van der Waals surface area contributed by atoms with Crippen LogP contribution < -0.4 is 5.32 Å². The summed E-state index contributed by atoms with van der Waals surface area (Å²) in [6.07, 6.45) is 9.00. The maximum Gasteiger partial charge on any atom is 0.328 e. The van der Waals surface area contributed by atoms with Crippen molar-refractivity contribution in [3.8, 4) is 0 Å². The number of piperidine rings is 1. The molecule has 5 heteroatoms. The van der Waals surface area contributed by atoms with Crippen molar-refractivity contribution in [2.75, 3.05) is 13.1 Å². The van der Waals surface area contributed by atoms with Crippen LogP contribution in [0.3, 0.4) is 0 Å². The standard InChI is InChI=1S/C22H21ClN2O2/c23-17-4-5-18-16(13-17)12-15(3-6-20(26)27)19-2-1-9-25-22(19)21(18)14-7-10-24-11-8-14/h1-6,9,12-14,21,24H,7-8,10-11H2,(H,26,27)/p+1/b6-3+. The van der Waals surface area contributed by atoms with Crippen molar-refractivity contribution in [2.24, 2.45) is 5.92 Å². The van der Waals surface area contributed by atoms with Gasteiger partial charge in [-0.1, -0.05) is 23.7 Å². The molecule has 0 saturated carbocycles. The molecule has 2 heterocycles. The first-order valence-electron chi connectivity index (χ1n) is 9.32. The number of quaternary nitrogens is 1. The van der Waals surface area contributed by atoms with Gasteiger partial charge in [-0.2, -0.15) is 0 Å². The molecule has 1 unspecified atom stereocenters. The zero-order valence-electron chi connectivity index (χ0n) is 14.9. The Morgan fingerprint density at radius 2 is 2.07 bits per heavy atom. The maximum atomic E-state index is 11.1. The lowest BCUT2D eigenvalue weighted by Crippen LogP contribution is -2.86. The number of pyridine rings is 1. The van der Waals surface area contributed by atoms with Crippen LogP contribution in [0.2, 0.25) is 5.02 Å². The van der Waals surface area contributed by atoms with Crippen molar-refractivity contribution in [2.45, 2.75) is 18.8 Å². The molecule has 1 aliphatic carbocycles. The van der Waals surface area contributed by atoms with E-state index < -0.39 is 5.97 Å². The monoisotopic (exact) mass is 381 g/mol. The third kappa shape index (κ3) is 3.68. The Morgan fingerprint density at radius 3 is 2.85 bits per heavy atom. The van der Waals surface area contributed by atoms with E-state index >= 15 is 0 Å². The number of halogens is 1. The van der Waals surface area contributed by atoms with Crippen molar-refractivity contribution >= 4 is 29.2 Å². The molecule has 2 aromatic rings. The summed E-state index contributed by atoms with van der Waals surface area (Å²) >= 11 is 6.29. The lowest BCUT2D eigenvalue weighted by atomic mass is 9.76. The molecule has 0 amide bonds. The summed E-state index contributed by atoms with van der Waals surface area (Å²) in [6, 6.07) is 9.97. The van der Waals surface area contributed by atoms with E-state index in [1.165, 1.54) is 11.6 Å². The molecule has 4 rings (SSSR count). The van der Waals surface area contributed by atoms with Crippen LogP contribution in [-0.2, 0) is 4.79 Å². The number of hydrogen-bond donors (Lipinski definition) is 2.